The second-order valence-corrected chi connectivity index (χ2v) is 6.25. The van der Waals surface area contributed by atoms with Crippen molar-refractivity contribution in [3.8, 4) is 0 Å². The fourth-order valence-corrected chi connectivity index (χ4v) is 3.57. The fraction of sp³-hybridized carbons (Fsp3) is 1.00. The number of nitrogens with one attached hydrogen (secondary N) is 1. The van der Waals surface area contributed by atoms with Crippen LogP contribution >= 0.6 is 11.8 Å². The van der Waals surface area contributed by atoms with Gasteiger partial charge in [0.2, 0.25) is 0 Å². The summed E-state index contributed by atoms with van der Waals surface area (Å²) in [6.07, 6.45) is 6.98. The lowest BCUT2D eigenvalue weighted by Crippen LogP contribution is -2.30. The molecule has 1 aliphatic rings. The van der Waals surface area contributed by atoms with Crippen molar-refractivity contribution in [2.24, 2.45) is 11.8 Å². The average molecular weight is 229 g/mol. The van der Waals surface area contributed by atoms with E-state index in [1.54, 1.807) is 0 Å². The van der Waals surface area contributed by atoms with Crippen molar-refractivity contribution in [3.63, 3.8) is 0 Å². The van der Waals surface area contributed by atoms with Gasteiger partial charge >= 0.3 is 0 Å². The van der Waals surface area contributed by atoms with Crippen LogP contribution in [0.15, 0.2) is 0 Å². The molecule has 1 N–H and O–H groups in total. The highest BCUT2D eigenvalue weighted by Gasteiger charge is 2.19. The lowest BCUT2D eigenvalue weighted by Gasteiger charge is -2.27. The summed E-state index contributed by atoms with van der Waals surface area (Å²) in [5.41, 5.74) is 0. The van der Waals surface area contributed by atoms with Gasteiger partial charge in [0, 0.05) is 6.04 Å². The predicted molar refractivity (Wildman–Crippen MR) is 71.6 cm³/mol. The first-order valence-corrected chi connectivity index (χ1v) is 7.66. The molecule has 0 aromatic rings. The van der Waals surface area contributed by atoms with Gasteiger partial charge in [0.05, 0.1) is 0 Å². The van der Waals surface area contributed by atoms with Crippen LogP contribution in [0.1, 0.15) is 46.0 Å². The number of thioether (sulfide) groups is 1. The van der Waals surface area contributed by atoms with Gasteiger partial charge < -0.3 is 5.32 Å². The molecule has 1 heterocycles. The first-order chi connectivity index (χ1) is 7.26. The van der Waals surface area contributed by atoms with Gasteiger partial charge in [-0.05, 0) is 56.1 Å². The van der Waals surface area contributed by atoms with Gasteiger partial charge in [-0.2, -0.15) is 11.8 Å². The Morgan fingerprint density at radius 3 is 2.53 bits per heavy atom. The van der Waals surface area contributed by atoms with Gasteiger partial charge in [-0.15, -0.1) is 0 Å². The van der Waals surface area contributed by atoms with Crippen LogP contribution in [0.4, 0.5) is 0 Å². The Balaban J connectivity index is 2.25. The molecule has 0 aliphatic carbocycles. The van der Waals surface area contributed by atoms with Crippen molar-refractivity contribution in [1.82, 2.24) is 5.32 Å². The number of hydrogen-bond donors (Lipinski definition) is 1. The standard InChI is InChI=1S/C13H27NS/c1-4-11(2)9-13(14-3)10-12-5-7-15-8-6-12/h11-14H,4-10H2,1-3H3. The Morgan fingerprint density at radius 1 is 1.33 bits per heavy atom. The average Bonchev–Trinajstić information content (AvgIpc) is 2.29. The fourth-order valence-electron chi connectivity index (χ4n) is 2.37. The van der Waals surface area contributed by atoms with Crippen LogP contribution < -0.4 is 5.32 Å². The first kappa shape index (κ1) is 13.4. The van der Waals surface area contributed by atoms with Crippen molar-refractivity contribution in [2.45, 2.75) is 52.0 Å². The quantitative estimate of drug-likeness (QED) is 0.747. The molecule has 0 amide bonds. The van der Waals surface area contributed by atoms with Gasteiger partial charge in [-0.25, -0.2) is 0 Å². The maximum absolute atomic E-state index is 3.51. The molecule has 0 bridgehead atoms. The minimum absolute atomic E-state index is 0.757. The Bertz CT molecular complexity index is 155. The van der Waals surface area contributed by atoms with Crippen LogP contribution in [0.3, 0.4) is 0 Å². The lowest BCUT2D eigenvalue weighted by molar-refractivity contribution is 0.328. The Labute approximate surface area is 99.8 Å². The summed E-state index contributed by atoms with van der Waals surface area (Å²) in [6.45, 7) is 4.68. The van der Waals surface area contributed by atoms with E-state index in [9.17, 15) is 0 Å². The van der Waals surface area contributed by atoms with Gasteiger partial charge in [0.25, 0.3) is 0 Å². The van der Waals surface area contributed by atoms with Gasteiger partial charge in [-0.1, -0.05) is 20.3 Å². The third-order valence-corrected chi connectivity index (χ3v) is 4.80. The summed E-state index contributed by atoms with van der Waals surface area (Å²) < 4.78 is 0. The van der Waals surface area contributed by atoms with E-state index < -0.39 is 0 Å². The smallest absolute Gasteiger partial charge is 0.00692 e. The van der Waals surface area contributed by atoms with Crippen molar-refractivity contribution < 1.29 is 0 Å². The van der Waals surface area contributed by atoms with Gasteiger partial charge in [0.1, 0.15) is 0 Å². The highest BCUT2D eigenvalue weighted by atomic mass is 32.2. The molecule has 15 heavy (non-hydrogen) atoms. The van der Waals surface area contributed by atoms with Crippen molar-refractivity contribution in [3.05, 3.63) is 0 Å². The molecule has 1 fully saturated rings. The van der Waals surface area contributed by atoms with Crippen molar-refractivity contribution >= 4 is 11.8 Å². The number of rotatable bonds is 6. The molecule has 1 saturated heterocycles. The summed E-state index contributed by atoms with van der Waals surface area (Å²) in [4.78, 5) is 0. The SMILES string of the molecule is CCC(C)CC(CC1CCSCC1)NC. The highest BCUT2D eigenvalue weighted by Crippen LogP contribution is 2.27. The molecule has 0 spiro atoms. The molecular formula is C13H27NS. The largest absolute Gasteiger partial charge is 0.317 e. The zero-order valence-electron chi connectivity index (χ0n) is 10.6. The van der Waals surface area contributed by atoms with E-state index in [1.165, 1.54) is 43.6 Å². The first-order valence-electron chi connectivity index (χ1n) is 6.51. The predicted octanol–water partition coefficient (Wildman–Crippen LogP) is 3.54. The number of hydrogen-bond acceptors (Lipinski definition) is 2. The van der Waals surface area contributed by atoms with Crippen LogP contribution in [0.5, 0.6) is 0 Å². The van der Waals surface area contributed by atoms with Crippen LogP contribution in [-0.2, 0) is 0 Å². The van der Waals surface area contributed by atoms with E-state index in [2.05, 4.69) is 38.0 Å². The molecular weight excluding hydrogens is 202 g/mol. The summed E-state index contributed by atoms with van der Waals surface area (Å²) >= 11 is 2.13. The van der Waals surface area contributed by atoms with Crippen molar-refractivity contribution in [2.75, 3.05) is 18.6 Å². The molecule has 1 aliphatic heterocycles. The van der Waals surface area contributed by atoms with Crippen molar-refractivity contribution in [1.29, 1.82) is 0 Å². The summed E-state index contributed by atoms with van der Waals surface area (Å²) in [5.74, 6) is 4.66. The molecule has 0 saturated carbocycles. The Morgan fingerprint density at radius 2 is 2.00 bits per heavy atom. The second kappa shape index (κ2) is 7.56. The van der Waals surface area contributed by atoms with E-state index in [-0.39, 0.29) is 0 Å². The molecule has 2 atom stereocenters. The highest BCUT2D eigenvalue weighted by molar-refractivity contribution is 7.99. The summed E-state index contributed by atoms with van der Waals surface area (Å²) in [6, 6.07) is 0.757. The zero-order chi connectivity index (χ0) is 11.1. The maximum atomic E-state index is 3.51. The minimum atomic E-state index is 0.757. The second-order valence-electron chi connectivity index (χ2n) is 5.03. The molecule has 2 heteroatoms. The molecule has 1 rings (SSSR count). The van der Waals surface area contributed by atoms with Crippen LogP contribution in [0.25, 0.3) is 0 Å². The van der Waals surface area contributed by atoms with E-state index >= 15 is 0 Å². The molecule has 2 unspecified atom stereocenters. The summed E-state index contributed by atoms with van der Waals surface area (Å²) in [5, 5.41) is 3.51. The molecule has 0 radical (unpaired) electrons. The summed E-state index contributed by atoms with van der Waals surface area (Å²) in [7, 11) is 2.13. The van der Waals surface area contributed by atoms with E-state index in [4.69, 9.17) is 0 Å². The van der Waals surface area contributed by atoms with E-state index in [0.29, 0.717) is 0 Å². The van der Waals surface area contributed by atoms with Crippen LogP contribution in [0.2, 0.25) is 0 Å². The normalized spacial score (nSPS) is 22.6. The maximum Gasteiger partial charge on any atom is 0.00692 e. The Hall–Kier alpha value is 0.310. The monoisotopic (exact) mass is 229 g/mol. The van der Waals surface area contributed by atoms with Gasteiger partial charge in [-0.3, -0.25) is 0 Å². The van der Waals surface area contributed by atoms with E-state index in [1.807, 2.05) is 0 Å². The Kier molecular flexibility index (Phi) is 6.74. The third kappa shape index (κ3) is 5.26. The third-order valence-electron chi connectivity index (χ3n) is 3.75. The molecule has 1 nitrogen and oxygen atoms in total. The van der Waals surface area contributed by atoms with Gasteiger partial charge in [0.15, 0.2) is 0 Å². The minimum Gasteiger partial charge on any atom is -0.317 e. The van der Waals surface area contributed by atoms with Crippen LogP contribution in [-0.4, -0.2) is 24.6 Å². The van der Waals surface area contributed by atoms with Crippen LogP contribution in [0, 0.1) is 11.8 Å². The molecule has 90 valence electrons. The van der Waals surface area contributed by atoms with E-state index in [0.717, 1.165) is 17.9 Å². The molecule has 0 aromatic heterocycles. The topological polar surface area (TPSA) is 12.0 Å². The zero-order valence-corrected chi connectivity index (χ0v) is 11.4. The lowest BCUT2D eigenvalue weighted by atomic mass is 9.89. The molecule has 0 aromatic carbocycles.